The average molecular weight is 392 g/mol. The molecule has 0 spiro atoms. The SMILES string of the molecule is CSc1ncnn1C[C@@]1(c2ccccc2Cl)O[C@@H]1c1ccccc1Cl. The quantitative estimate of drug-likeness (QED) is 0.454. The van der Waals surface area contributed by atoms with Crippen LogP contribution in [0.5, 0.6) is 0 Å². The molecule has 1 aliphatic heterocycles. The van der Waals surface area contributed by atoms with Gasteiger partial charge in [-0.2, -0.15) is 5.10 Å². The van der Waals surface area contributed by atoms with E-state index in [2.05, 4.69) is 10.1 Å². The van der Waals surface area contributed by atoms with Crippen LogP contribution in [0.2, 0.25) is 10.0 Å². The largest absolute Gasteiger partial charge is 0.354 e. The third kappa shape index (κ3) is 2.95. The molecule has 2 heterocycles. The second kappa shape index (κ2) is 6.65. The molecule has 2 aromatic carbocycles. The van der Waals surface area contributed by atoms with Gasteiger partial charge in [0.15, 0.2) is 5.16 Å². The van der Waals surface area contributed by atoms with Crippen LogP contribution in [-0.2, 0) is 16.9 Å². The first kappa shape index (κ1) is 16.9. The normalized spacial score (nSPS) is 22.1. The summed E-state index contributed by atoms with van der Waals surface area (Å²) in [4.78, 5) is 4.28. The number of benzene rings is 2. The summed E-state index contributed by atoms with van der Waals surface area (Å²) in [6.07, 6.45) is 3.35. The van der Waals surface area contributed by atoms with Gasteiger partial charge in [0.25, 0.3) is 0 Å². The molecule has 0 bridgehead atoms. The molecule has 1 fully saturated rings. The van der Waals surface area contributed by atoms with Crippen LogP contribution < -0.4 is 0 Å². The molecule has 4 nitrogen and oxygen atoms in total. The smallest absolute Gasteiger partial charge is 0.185 e. The lowest BCUT2D eigenvalue weighted by molar-refractivity contribution is 0.256. The van der Waals surface area contributed by atoms with Crippen LogP contribution in [0.15, 0.2) is 60.0 Å². The van der Waals surface area contributed by atoms with E-state index >= 15 is 0 Å². The van der Waals surface area contributed by atoms with E-state index in [1.807, 2.05) is 59.5 Å². The highest BCUT2D eigenvalue weighted by molar-refractivity contribution is 7.98. The summed E-state index contributed by atoms with van der Waals surface area (Å²) >= 11 is 14.4. The number of rotatable bonds is 5. The molecule has 0 N–H and O–H groups in total. The summed E-state index contributed by atoms with van der Waals surface area (Å²) in [5.41, 5.74) is 1.28. The van der Waals surface area contributed by atoms with Crippen molar-refractivity contribution in [2.75, 3.05) is 6.26 Å². The molecule has 4 rings (SSSR count). The van der Waals surface area contributed by atoms with Gasteiger partial charge < -0.3 is 4.74 Å². The van der Waals surface area contributed by atoms with Gasteiger partial charge in [-0.1, -0.05) is 71.4 Å². The second-order valence-corrected chi connectivity index (χ2v) is 7.38. The molecule has 2 atom stereocenters. The molecule has 0 aliphatic carbocycles. The molecule has 7 heteroatoms. The van der Waals surface area contributed by atoms with Crippen molar-refractivity contribution in [3.05, 3.63) is 76.0 Å². The molecule has 1 saturated heterocycles. The van der Waals surface area contributed by atoms with Crippen LogP contribution in [0.25, 0.3) is 0 Å². The molecule has 25 heavy (non-hydrogen) atoms. The Balaban J connectivity index is 1.79. The van der Waals surface area contributed by atoms with E-state index in [9.17, 15) is 0 Å². The van der Waals surface area contributed by atoms with Crippen molar-refractivity contribution in [1.82, 2.24) is 14.8 Å². The fraction of sp³-hybridized carbons (Fsp3) is 0.222. The monoisotopic (exact) mass is 391 g/mol. The van der Waals surface area contributed by atoms with Gasteiger partial charge in [-0.3, -0.25) is 0 Å². The Morgan fingerprint density at radius 2 is 1.84 bits per heavy atom. The topological polar surface area (TPSA) is 43.2 Å². The number of aromatic nitrogens is 3. The molecule has 0 saturated carbocycles. The van der Waals surface area contributed by atoms with Crippen molar-refractivity contribution < 1.29 is 4.74 Å². The Labute approximate surface area is 160 Å². The number of hydrogen-bond acceptors (Lipinski definition) is 4. The molecular formula is C18H15Cl2N3OS. The van der Waals surface area contributed by atoms with Crippen LogP contribution in [0.1, 0.15) is 17.2 Å². The molecule has 0 amide bonds. The Hall–Kier alpha value is -1.53. The first-order valence-corrected chi connectivity index (χ1v) is 9.73. The molecular weight excluding hydrogens is 377 g/mol. The third-order valence-corrected chi connectivity index (χ3v) is 5.71. The number of hydrogen-bond donors (Lipinski definition) is 0. The van der Waals surface area contributed by atoms with Gasteiger partial charge in [-0.15, -0.1) is 0 Å². The van der Waals surface area contributed by atoms with Crippen LogP contribution in [0.3, 0.4) is 0 Å². The number of halogens is 2. The average Bonchev–Trinajstić information content (AvgIpc) is 3.15. The zero-order chi connectivity index (χ0) is 17.4. The molecule has 0 radical (unpaired) electrons. The van der Waals surface area contributed by atoms with Gasteiger partial charge >= 0.3 is 0 Å². The zero-order valence-corrected chi connectivity index (χ0v) is 15.7. The number of ether oxygens (including phenoxy) is 1. The summed E-state index contributed by atoms with van der Waals surface area (Å²) < 4.78 is 8.10. The van der Waals surface area contributed by atoms with Gasteiger partial charge in [0.1, 0.15) is 18.0 Å². The van der Waals surface area contributed by atoms with Gasteiger partial charge in [0.05, 0.1) is 6.54 Å². The molecule has 128 valence electrons. The van der Waals surface area contributed by atoms with Crippen molar-refractivity contribution in [2.24, 2.45) is 0 Å². The highest BCUT2D eigenvalue weighted by atomic mass is 35.5. The highest BCUT2D eigenvalue weighted by Gasteiger charge is 2.60. The zero-order valence-electron chi connectivity index (χ0n) is 13.4. The van der Waals surface area contributed by atoms with Crippen molar-refractivity contribution in [1.29, 1.82) is 0 Å². The number of epoxide rings is 1. The standard InChI is InChI=1S/C18H15Cl2N3OS/c1-25-17-21-11-22-23(17)10-18(13-7-3-5-9-15(13)20)16(24-18)12-6-2-4-8-14(12)19/h2-9,11,16H,10H2,1H3/t16-,18+/m1/s1. The predicted molar refractivity (Wildman–Crippen MR) is 100 cm³/mol. The van der Waals surface area contributed by atoms with Crippen molar-refractivity contribution in [3.63, 3.8) is 0 Å². The van der Waals surface area contributed by atoms with Crippen molar-refractivity contribution >= 4 is 35.0 Å². The van der Waals surface area contributed by atoms with E-state index in [1.165, 1.54) is 0 Å². The first-order valence-electron chi connectivity index (χ1n) is 7.75. The number of nitrogens with zero attached hydrogens (tertiary/aromatic N) is 3. The van der Waals surface area contributed by atoms with Crippen LogP contribution in [-0.4, -0.2) is 21.0 Å². The van der Waals surface area contributed by atoms with E-state index in [1.54, 1.807) is 18.1 Å². The predicted octanol–water partition coefficient (Wildman–Crippen LogP) is 4.97. The lowest BCUT2D eigenvalue weighted by Crippen LogP contribution is -2.21. The molecule has 3 aromatic rings. The van der Waals surface area contributed by atoms with Crippen LogP contribution >= 0.6 is 35.0 Å². The third-order valence-electron chi connectivity index (χ3n) is 4.36. The van der Waals surface area contributed by atoms with E-state index in [-0.39, 0.29) is 6.10 Å². The summed E-state index contributed by atoms with van der Waals surface area (Å²) in [5, 5.41) is 6.53. The minimum absolute atomic E-state index is 0.181. The Bertz CT molecular complexity index is 917. The first-order chi connectivity index (χ1) is 12.2. The Morgan fingerprint density at radius 3 is 2.56 bits per heavy atom. The highest BCUT2D eigenvalue weighted by Crippen LogP contribution is 2.60. The van der Waals surface area contributed by atoms with E-state index in [0.717, 1.165) is 16.3 Å². The Kier molecular flexibility index (Phi) is 4.50. The second-order valence-electron chi connectivity index (χ2n) is 5.79. The molecule has 1 aromatic heterocycles. The number of thioether (sulfide) groups is 1. The van der Waals surface area contributed by atoms with Gasteiger partial charge in [-0.25, -0.2) is 9.67 Å². The maximum atomic E-state index is 6.49. The maximum absolute atomic E-state index is 6.49. The summed E-state index contributed by atoms with van der Waals surface area (Å²) in [6, 6.07) is 15.5. The Morgan fingerprint density at radius 1 is 1.12 bits per heavy atom. The minimum atomic E-state index is -0.610. The summed E-state index contributed by atoms with van der Waals surface area (Å²) in [7, 11) is 0. The summed E-state index contributed by atoms with van der Waals surface area (Å²) in [6.45, 7) is 0.517. The van der Waals surface area contributed by atoms with E-state index in [0.29, 0.717) is 16.6 Å². The summed E-state index contributed by atoms with van der Waals surface area (Å²) in [5.74, 6) is 0. The minimum Gasteiger partial charge on any atom is -0.354 e. The van der Waals surface area contributed by atoms with Crippen LogP contribution in [0.4, 0.5) is 0 Å². The lowest BCUT2D eigenvalue weighted by Gasteiger charge is -2.16. The van der Waals surface area contributed by atoms with E-state index < -0.39 is 5.60 Å². The molecule has 0 unspecified atom stereocenters. The van der Waals surface area contributed by atoms with Gasteiger partial charge in [0, 0.05) is 21.2 Å². The molecule has 1 aliphatic rings. The lowest BCUT2D eigenvalue weighted by atomic mass is 9.91. The van der Waals surface area contributed by atoms with E-state index in [4.69, 9.17) is 27.9 Å². The maximum Gasteiger partial charge on any atom is 0.185 e. The fourth-order valence-corrected chi connectivity index (χ4v) is 4.14. The van der Waals surface area contributed by atoms with Crippen LogP contribution in [0, 0.1) is 0 Å². The fourth-order valence-electron chi connectivity index (χ4n) is 3.14. The van der Waals surface area contributed by atoms with Gasteiger partial charge in [0.2, 0.25) is 0 Å². The van der Waals surface area contributed by atoms with Gasteiger partial charge in [-0.05, 0) is 18.4 Å². The van der Waals surface area contributed by atoms with Crippen molar-refractivity contribution in [2.45, 2.75) is 23.4 Å². The van der Waals surface area contributed by atoms with Crippen molar-refractivity contribution in [3.8, 4) is 0 Å².